The first-order chi connectivity index (χ1) is 16.6. The predicted molar refractivity (Wildman–Crippen MR) is 135 cm³/mol. The number of carbonyl (C=O) groups is 1. The number of hydrogen-bond acceptors (Lipinski definition) is 7. The van der Waals surface area contributed by atoms with Crippen molar-refractivity contribution in [1.82, 2.24) is 25.1 Å². The van der Waals surface area contributed by atoms with Gasteiger partial charge in [0.1, 0.15) is 11.6 Å². The zero-order valence-corrected chi connectivity index (χ0v) is 19.0. The monoisotopic (exact) mass is 454 g/mol. The number of anilines is 4. The van der Waals surface area contributed by atoms with Crippen LogP contribution < -0.4 is 15.5 Å². The van der Waals surface area contributed by atoms with Crippen molar-refractivity contribution < 1.29 is 4.79 Å². The lowest BCUT2D eigenvalue weighted by Gasteiger charge is -2.33. The van der Waals surface area contributed by atoms with E-state index in [1.165, 1.54) is 6.08 Å². The molecule has 0 unspecified atom stereocenters. The Morgan fingerprint density at radius 1 is 1.06 bits per heavy atom. The summed E-state index contributed by atoms with van der Waals surface area (Å²) in [5.41, 5.74) is 2.40. The van der Waals surface area contributed by atoms with Crippen LogP contribution in [-0.4, -0.2) is 64.2 Å². The molecule has 0 saturated carbocycles. The number of fused-ring (bicyclic) bond motifs is 1. The van der Waals surface area contributed by atoms with Gasteiger partial charge in [0, 0.05) is 48.9 Å². The molecular formula is C25H26N8O. The second kappa shape index (κ2) is 9.32. The van der Waals surface area contributed by atoms with E-state index in [4.69, 9.17) is 9.97 Å². The lowest BCUT2D eigenvalue weighted by atomic mass is 10.2. The van der Waals surface area contributed by atoms with Crippen molar-refractivity contribution in [3.63, 3.8) is 0 Å². The number of aromatic nitrogens is 4. The van der Waals surface area contributed by atoms with E-state index in [2.05, 4.69) is 44.3 Å². The van der Waals surface area contributed by atoms with E-state index < -0.39 is 0 Å². The fourth-order valence-electron chi connectivity index (χ4n) is 3.93. The molecule has 5 rings (SSSR count). The third-order valence-corrected chi connectivity index (χ3v) is 5.83. The van der Waals surface area contributed by atoms with Crippen LogP contribution in [0.4, 0.5) is 23.1 Å². The van der Waals surface area contributed by atoms with Gasteiger partial charge in [-0.3, -0.25) is 9.89 Å². The predicted octanol–water partition coefficient (Wildman–Crippen LogP) is 3.64. The Bertz CT molecular complexity index is 1340. The molecule has 0 atom stereocenters. The topological polar surface area (TPSA) is 102 Å². The maximum absolute atomic E-state index is 11.8. The van der Waals surface area contributed by atoms with Gasteiger partial charge in [-0.05, 0) is 37.4 Å². The van der Waals surface area contributed by atoms with Crippen molar-refractivity contribution in [3.8, 4) is 11.4 Å². The van der Waals surface area contributed by atoms with Crippen LogP contribution in [0, 0.1) is 0 Å². The van der Waals surface area contributed by atoms with Crippen LogP contribution >= 0.6 is 0 Å². The number of para-hydroxylation sites is 1. The first-order valence-corrected chi connectivity index (χ1v) is 11.2. The summed E-state index contributed by atoms with van der Waals surface area (Å²) in [4.78, 5) is 26.0. The number of piperazine rings is 1. The largest absolute Gasteiger partial charge is 0.354 e. The van der Waals surface area contributed by atoms with Crippen molar-refractivity contribution in [1.29, 1.82) is 0 Å². The van der Waals surface area contributed by atoms with Crippen molar-refractivity contribution in [2.75, 3.05) is 48.8 Å². The summed E-state index contributed by atoms with van der Waals surface area (Å²) < 4.78 is 0. The van der Waals surface area contributed by atoms with Crippen LogP contribution in [0.3, 0.4) is 0 Å². The Morgan fingerprint density at radius 2 is 1.88 bits per heavy atom. The average Bonchev–Trinajstić information content (AvgIpc) is 3.27. The van der Waals surface area contributed by atoms with Crippen molar-refractivity contribution in [3.05, 3.63) is 67.3 Å². The van der Waals surface area contributed by atoms with Gasteiger partial charge in [-0.2, -0.15) is 5.10 Å². The summed E-state index contributed by atoms with van der Waals surface area (Å²) in [6.45, 7) is 7.21. The summed E-state index contributed by atoms with van der Waals surface area (Å²) in [6, 6.07) is 17.4. The highest BCUT2D eigenvalue weighted by Crippen LogP contribution is 2.28. The maximum atomic E-state index is 11.8. The molecule has 0 spiro atoms. The zero-order valence-electron chi connectivity index (χ0n) is 19.0. The minimum Gasteiger partial charge on any atom is -0.354 e. The van der Waals surface area contributed by atoms with E-state index in [1.807, 2.05) is 54.6 Å². The van der Waals surface area contributed by atoms with E-state index in [0.717, 1.165) is 48.5 Å². The molecule has 3 heterocycles. The number of rotatable bonds is 6. The minimum atomic E-state index is -0.267. The van der Waals surface area contributed by atoms with Crippen molar-refractivity contribution in [2.24, 2.45) is 0 Å². The molecule has 0 aliphatic carbocycles. The number of hydrogen-bond donors (Lipinski definition) is 3. The van der Waals surface area contributed by atoms with Gasteiger partial charge in [0.2, 0.25) is 5.91 Å². The molecule has 0 radical (unpaired) electrons. The lowest BCUT2D eigenvalue weighted by Crippen LogP contribution is -2.44. The average molecular weight is 455 g/mol. The summed E-state index contributed by atoms with van der Waals surface area (Å²) in [5.74, 6) is 2.50. The minimum absolute atomic E-state index is 0.267. The number of carbonyl (C=O) groups excluding carboxylic acids is 1. The molecule has 3 N–H and O–H groups in total. The second-order valence-corrected chi connectivity index (χ2v) is 8.24. The molecule has 9 heteroatoms. The molecule has 1 fully saturated rings. The van der Waals surface area contributed by atoms with Crippen LogP contribution in [0.25, 0.3) is 22.3 Å². The molecule has 1 aliphatic heterocycles. The molecule has 172 valence electrons. The van der Waals surface area contributed by atoms with Crippen LogP contribution in [0.2, 0.25) is 0 Å². The lowest BCUT2D eigenvalue weighted by molar-refractivity contribution is -0.111. The molecule has 2 aromatic carbocycles. The van der Waals surface area contributed by atoms with Crippen LogP contribution in [0.5, 0.6) is 0 Å². The molecule has 9 nitrogen and oxygen atoms in total. The number of likely N-dealkylation sites (N-methyl/N-ethyl adjacent to an activating group) is 1. The highest BCUT2D eigenvalue weighted by atomic mass is 16.1. The number of nitrogens with one attached hydrogen (secondary N) is 3. The smallest absolute Gasteiger partial charge is 0.247 e. The van der Waals surface area contributed by atoms with Crippen LogP contribution in [-0.2, 0) is 4.79 Å². The van der Waals surface area contributed by atoms with Gasteiger partial charge in [0.15, 0.2) is 11.6 Å². The third-order valence-electron chi connectivity index (χ3n) is 5.83. The van der Waals surface area contributed by atoms with Gasteiger partial charge in [0.25, 0.3) is 0 Å². The fourth-order valence-corrected chi connectivity index (χ4v) is 3.93. The Balaban J connectivity index is 1.53. The Morgan fingerprint density at radius 3 is 2.71 bits per heavy atom. The molecule has 1 aliphatic rings. The molecule has 34 heavy (non-hydrogen) atoms. The van der Waals surface area contributed by atoms with Gasteiger partial charge in [-0.15, -0.1) is 0 Å². The van der Waals surface area contributed by atoms with Crippen molar-refractivity contribution >= 4 is 40.0 Å². The van der Waals surface area contributed by atoms with Gasteiger partial charge in [-0.25, -0.2) is 9.97 Å². The maximum Gasteiger partial charge on any atom is 0.247 e. The van der Waals surface area contributed by atoms with Crippen LogP contribution in [0.15, 0.2) is 67.3 Å². The standard InChI is InChI=1S/C25H26N8O/c1-3-23(34)26-18-8-6-7-17(15-18)24-27-21(16-22(29-24)33-13-11-32(2)12-14-33)28-25-19-9-4-5-10-20(19)30-31-25/h3-10,15-16H,1,11-14H2,2H3,(H,26,34)(H2,27,28,29,30,31). The number of H-pyrrole nitrogens is 1. The molecule has 0 bridgehead atoms. The highest BCUT2D eigenvalue weighted by Gasteiger charge is 2.18. The molecule has 4 aromatic rings. The van der Waals surface area contributed by atoms with Gasteiger partial charge in [0.05, 0.1) is 5.52 Å². The number of benzene rings is 2. The zero-order chi connectivity index (χ0) is 23.5. The van der Waals surface area contributed by atoms with E-state index in [0.29, 0.717) is 23.1 Å². The van der Waals surface area contributed by atoms with E-state index in [-0.39, 0.29) is 5.91 Å². The normalized spacial score (nSPS) is 14.2. The van der Waals surface area contributed by atoms with E-state index in [9.17, 15) is 4.79 Å². The van der Waals surface area contributed by atoms with Gasteiger partial charge < -0.3 is 20.4 Å². The van der Waals surface area contributed by atoms with Gasteiger partial charge >= 0.3 is 0 Å². The second-order valence-electron chi connectivity index (χ2n) is 8.24. The van der Waals surface area contributed by atoms with Crippen LogP contribution in [0.1, 0.15) is 0 Å². The Kier molecular flexibility index (Phi) is 5.92. The Labute approximate surface area is 197 Å². The SMILES string of the molecule is C=CC(=O)Nc1cccc(-c2nc(Nc3n[nH]c4ccccc34)cc(N3CCN(C)CC3)n2)c1. The molecular weight excluding hydrogens is 428 g/mol. The highest BCUT2D eigenvalue weighted by molar-refractivity contribution is 5.99. The summed E-state index contributed by atoms with van der Waals surface area (Å²) in [6.07, 6.45) is 1.24. The number of aromatic amines is 1. The summed E-state index contributed by atoms with van der Waals surface area (Å²) in [7, 11) is 2.13. The Hall–Kier alpha value is -4.24. The number of nitrogens with zero attached hydrogens (tertiary/aromatic N) is 5. The first-order valence-electron chi connectivity index (χ1n) is 11.2. The molecule has 2 aromatic heterocycles. The number of amides is 1. The molecule has 1 amide bonds. The summed E-state index contributed by atoms with van der Waals surface area (Å²) >= 11 is 0. The molecule has 1 saturated heterocycles. The van der Waals surface area contributed by atoms with E-state index >= 15 is 0 Å². The fraction of sp³-hybridized carbons (Fsp3) is 0.200. The first kappa shape index (κ1) is 21.6. The van der Waals surface area contributed by atoms with Crippen molar-refractivity contribution in [2.45, 2.75) is 0 Å². The summed E-state index contributed by atoms with van der Waals surface area (Å²) in [5, 5.41) is 14.6. The van der Waals surface area contributed by atoms with Gasteiger partial charge in [-0.1, -0.05) is 30.8 Å². The third kappa shape index (κ3) is 4.60. The quantitative estimate of drug-likeness (QED) is 0.382. The van der Waals surface area contributed by atoms with E-state index in [1.54, 1.807) is 0 Å².